The lowest BCUT2D eigenvalue weighted by atomic mass is 9.89. The highest BCUT2D eigenvalue weighted by atomic mass is 16.5. The average Bonchev–Trinajstić information content (AvgIpc) is 3.40. The van der Waals surface area contributed by atoms with E-state index in [1.165, 1.54) is 0 Å². The van der Waals surface area contributed by atoms with E-state index in [1.807, 2.05) is 39.5 Å². The van der Waals surface area contributed by atoms with Crippen molar-refractivity contribution >= 4 is 23.5 Å². The molecule has 1 unspecified atom stereocenters. The van der Waals surface area contributed by atoms with Gasteiger partial charge in [-0.15, -0.1) is 0 Å². The number of likely N-dealkylation sites (tertiary alicyclic amines) is 1. The second-order valence-electron chi connectivity index (χ2n) is 12.4. The van der Waals surface area contributed by atoms with Gasteiger partial charge in [-0.3, -0.25) is 19.2 Å². The monoisotopic (exact) mass is 582 g/mol. The van der Waals surface area contributed by atoms with Crippen molar-refractivity contribution in [3.05, 3.63) is 0 Å². The zero-order valence-electron chi connectivity index (χ0n) is 27.7. The van der Waals surface area contributed by atoms with Gasteiger partial charge in [0.25, 0.3) is 0 Å². The average molecular weight is 583 g/mol. The number of carbonyl (C=O) groups excluding carboxylic acids is 4. The van der Waals surface area contributed by atoms with Gasteiger partial charge in [-0.05, 0) is 44.6 Å². The zero-order chi connectivity index (χ0) is 31.6. The summed E-state index contributed by atoms with van der Waals surface area (Å²) in [4.78, 5) is 56.4. The number of carbonyl (C=O) groups is 4. The molecular formula is C31H58N4O6. The number of hydrogen-bond acceptors (Lipinski definition) is 7. The highest BCUT2D eigenvalue weighted by Crippen LogP contribution is 2.29. The summed E-state index contributed by atoms with van der Waals surface area (Å²) >= 11 is 0. The first-order chi connectivity index (χ1) is 19.2. The Morgan fingerprint density at radius 3 is 2.00 bits per heavy atom. The molecule has 1 fully saturated rings. The molecule has 0 aromatic carbocycles. The van der Waals surface area contributed by atoms with Crippen LogP contribution < -0.4 is 10.6 Å². The number of rotatable bonds is 17. The fraction of sp³-hybridized carbons (Fsp3) is 0.871. The molecule has 1 aliphatic rings. The molecule has 1 heterocycles. The third-order valence-corrected chi connectivity index (χ3v) is 8.98. The first kappa shape index (κ1) is 37.0. The van der Waals surface area contributed by atoms with E-state index < -0.39 is 18.2 Å². The zero-order valence-corrected chi connectivity index (χ0v) is 27.7. The van der Waals surface area contributed by atoms with Crippen LogP contribution in [0.4, 0.5) is 0 Å². The number of nitrogens with one attached hydrogen (secondary N) is 2. The van der Waals surface area contributed by atoms with Crippen LogP contribution in [0.25, 0.3) is 0 Å². The molecule has 0 aliphatic carbocycles. The lowest BCUT2D eigenvalue weighted by Crippen LogP contribution is -2.59. The van der Waals surface area contributed by atoms with Crippen LogP contribution in [0.5, 0.6) is 0 Å². The predicted molar refractivity (Wildman–Crippen MR) is 161 cm³/mol. The maximum Gasteiger partial charge on any atom is 0.245 e. The summed E-state index contributed by atoms with van der Waals surface area (Å²) < 4.78 is 11.7. The molecule has 1 saturated heterocycles. The molecule has 0 radical (unpaired) electrons. The van der Waals surface area contributed by atoms with Crippen LogP contribution in [0.15, 0.2) is 0 Å². The van der Waals surface area contributed by atoms with Crippen molar-refractivity contribution in [3.8, 4) is 0 Å². The third-order valence-electron chi connectivity index (χ3n) is 8.98. The largest absolute Gasteiger partial charge is 0.379 e. The molecule has 41 heavy (non-hydrogen) atoms. The van der Waals surface area contributed by atoms with Gasteiger partial charge in [0, 0.05) is 33.7 Å². The minimum Gasteiger partial charge on any atom is -0.379 e. The van der Waals surface area contributed by atoms with E-state index in [0.717, 1.165) is 19.3 Å². The lowest BCUT2D eigenvalue weighted by Gasteiger charge is -2.41. The number of methoxy groups -OCH3 is 2. The first-order valence-electron chi connectivity index (χ1n) is 15.3. The van der Waals surface area contributed by atoms with Gasteiger partial charge in [0.1, 0.15) is 11.8 Å². The SMILES string of the molecule is CC[C@H](C)C([C@@H](CC(=O)N1CCC[C@H]1[C@H](OC)[C@@H](C)C(C)=O)OC)N(C)C(=O)[C@@H](NC(=O)[C@@H](NC)C(C)C)C(C)C. The number of likely N-dealkylation sites (N-methyl/N-ethyl adjacent to an activating group) is 2. The van der Waals surface area contributed by atoms with Crippen LogP contribution in [-0.4, -0.2) is 105 Å². The molecule has 0 spiro atoms. The van der Waals surface area contributed by atoms with E-state index >= 15 is 0 Å². The van der Waals surface area contributed by atoms with Crippen molar-refractivity contribution in [2.75, 3.05) is 34.9 Å². The van der Waals surface area contributed by atoms with Crippen molar-refractivity contribution in [1.29, 1.82) is 0 Å². The molecule has 0 saturated carbocycles. The molecule has 1 rings (SSSR count). The highest BCUT2D eigenvalue weighted by molar-refractivity contribution is 5.90. The van der Waals surface area contributed by atoms with Crippen molar-refractivity contribution < 1.29 is 28.7 Å². The minimum atomic E-state index is -0.722. The maximum absolute atomic E-state index is 13.9. The van der Waals surface area contributed by atoms with Crippen molar-refractivity contribution in [1.82, 2.24) is 20.4 Å². The Bertz CT molecular complexity index is 866. The summed E-state index contributed by atoms with van der Waals surface area (Å²) in [6.07, 6.45) is 1.55. The van der Waals surface area contributed by atoms with Gasteiger partial charge >= 0.3 is 0 Å². The Morgan fingerprint density at radius 1 is 0.976 bits per heavy atom. The minimum absolute atomic E-state index is 0.0316. The fourth-order valence-electron chi connectivity index (χ4n) is 6.13. The smallest absolute Gasteiger partial charge is 0.245 e. The predicted octanol–water partition coefficient (Wildman–Crippen LogP) is 2.88. The van der Waals surface area contributed by atoms with Gasteiger partial charge < -0.3 is 29.9 Å². The molecule has 2 N–H and O–H groups in total. The van der Waals surface area contributed by atoms with E-state index in [9.17, 15) is 19.2 Å². The van der Waals surface area contributed by atoms with Gasteiger partial charge in [0.05, 0.1) is 36.8 Å². The molecule has 10 nitrogen and oxygen atoms in total. The lowest BCUT2D eigenvalue weighted by molar-refractivity contribution is -0.147. The van der Waals surface area contributed by atoms with Crippen molar-refractivity contribution in [2.45, 2.75) is 117 Å². The van der Waals surface area contributed by atoms with Gasteiger partial charge in [-0.25, -0.2) is 0 Å². The number of ether oxygens (including phenoxy) is 2. The Kier molecular flexibility index (Phi) is 15.5. The molecule has 238 valence electrons. The molecule has 10 heteroatoms. The summed E-state index contributed by atoms with van der Waals surface area (Å²) in [5.41, 5.74) is 0. The van der Waals surface area contributed by atoms with E-state index in [-0.39, 0.29) is 71.8 Å². The Morgan fingerprint density at radius 2 is 1.56 bits per heavy atom. The van der Waals surface area contributed by atoms with Crippen molar-refractivity contribution in [2.24, 2.45) is 23.7 Å². The van der Waals surface area contributed by atoms with E-state index in [4.69, 9.17) is 9.47 Å². The van der Waals surface area contributed by atoms with Crippen LogP contribution >= 0.6 is 0 Å². The van der Waals surface area contributed by atoms with Crippen LogP contribution in [-0.2, 0) is 28.7 Å². The van der Waals surface area contributed by atoms with E-state index in [0.29, 0.717) is 6.54 Å². The molecule has 0 bridgehead atoms. The number of ketones is 1. The van der Waals surface area contributed by atoms with Crippen LogP contribution in [0, 0.1) is 23.7 Å². The number of hydrogen-bond donors (Lipinski definition) is 2. The molecule has 0 aromatic heterocycles. The quantitative estimate of drug-likeness (QED) is 0.271. The molecule has 1 aliphatic heterocycles. The summed E-state index contributed by atoms with van der Waals surface area (Å²) in [6.45, 7) is 15.8. The van der Waals surface area contributed by atoms with E-state index in [2.05, 4.69) is 24.5 Å². The Balaban J connectivity index is 3.24. The summed E-state index contributed by atoms with van der Waals surface area (Å²) in [5.74, 6) is -0.840. The van der Waals surface area contributed by atoms with Gasteiger partial charge in [-0.1, -0.05) is 54.9 Å². The van der Waals surface area contributed by atoms with Gasteiger partial charge in [0.15, 0.2) is 0 Å². The van der Waals surface area contributed by atoms with Crippen molar-refractivity contribution in [3.63, 3.8) is 0 Å². The Hall–Kier alpha value is -2.04. The number of nitrogens with zero attached hydrogens (tertiary/aromatic N) is 2. The normalized spacial score (nSPS) is 20.7. The van der Waals surface area contributed by atoms with Crippen LogP contribution in [0.3, 0.4) is 0 Å². The first-order valence-corrected chi connectivity index (χ1v) is 15.3. The summed E-state index contributed by atoms with van der Waals surface area (Å²) in [5, 5.41) is 6.02. The number of Topliss-reactive ketones (excluding diaryl/α,β-unsaturated/α-hetero) is 1. The van der Waals surface area contributed by atoms with Crippen LogP contribution in [0.2, 0.25) is 0 Å². The third kappa shape index (κ3) is 9.48. The standard InChI is InChI=1S/C31H58N4O6/c1-13-20(6)28(34(10)31(39)27(19(4)5)33-30(38)26(32-9)18(2)3)24(40-11)17-25(37)35-16-14-15-23(35)29(41-12)21(7)22(8)36/h18-21,23-24,26-29,32H,13-17H2,1-12H3,(H,33,38)/t20-,21-,23-,24+,26-,27-,28?,29+/m0/s1. The van der Waals surface area contributed by atoms with Gasteiger partial charge in [-0.2, -0.15) is 0 Å². The second kappa shape index (κ2) is 17.2. The molecular weight excluding hydrogens is 524 g/mol. The van der Waals surface area contributed by atoms with E-state index in [1.54, 1.807) is 40.1 Å². The molecule has 3 amide bonds. The fourth-order valence-corrected chi connectivity index (χ4v) is 6.13. The van der Waals surface area contributed by atoms with Gasteiger partial charge in [0.2, 0.25) is 17.7 Å². The number of amides is 3. The topological polar surface area (TPSA) is 117 Å². The summed E-state index contributed by atoms with van der Waals surface area (Å²) in [7, 11) is 6.64. The summed E-state index contributed by atoms with van der Waals surface area (Å²) in [6, 6.07) is -1.72. The highest BCUT2D eigenvalue weighted by Gasteiger charge is 2.42. The Labute approximate surface area is 248 Å². The van der Waals surface area contributed by atoms with Crippen LogP contribution in [0.1, 0.15) is 81.1 Å². The molecule has 0 aromatic rings. The maximum atomic E-state index is 13.9. The molecule has 8 atom stereocenters. The second-order valence-corrected chi connectivity index (χ2v) is 12.4.